The van der Waals surface area contributed by atoms with E-state index < -0.39 is 68.5 Å². The van der Waals surface area contributed by atoms with E-state index >= 15 is 4.39 Å². The molecule has 23 heteroatoms. The average molecular weight is 616 g/mol. The molecule has 1 unspecified atom stereocenters. The van der Waals surface area contributed by atoms with Gasteiger partial charge in [-0.05, 0) is 11.8 Å². The van der Waals surface area contributed by atoms with Gasteiger partial charge < -0.3 is 45.1 Å². The number of hydrogen-bond acceptors (Lipinski definition) is 17. The topological polar surface area (TPSA) is 283 Å². The molecular formula is C18H22FN12O8PS. The normalized spacial score (nSPS) is 29.9. The highest BCUT2D eigenvalue weighted by atomic mass is 32.5. The molecule has 4 aromatic rings. The number of rotatable bonds is 8. The molecule has 8 N–H and O–H groups in total. The van der Waals surface area contributed by atoms with Crippen molar-refractivity contribution in [3.63, 3.8) is 0 Å². The minimum atomic E-state index is -4.11. The summed E-state index contributed by atoms with van der Waals surface area (Å²) in [5.41, 5.74) is 10.5. The fourth-order valence-electron chi connectivity index (χ4n) is 4.57. The fourth-order valence-corrected chi connectivity index (χ4v) is 6.01. The smallest absolute Gasteiger partial charge is 0.325 e. The first-order valence-electron chi connectivity index (χ1n) is 11.8. The van der Waals surface area contributed by atoms with E-state index in [1.165, 1.54) is 0 Å². The molecule has 20 nitrogen and oxygen atoms in total. The Morgan fingerprint density at radius 1 is 1.27 bits per heavy atom. The maximum Gasteiger partial charge on any atom is 0.325 e. The SMILES string of the molecule is Nc1nc2c(nnn2[C@@H]2O[C@H](CO)C[C@@H]2OP(O)(=S)OC[C@H]2OC[C@@](F)(n3nnc4c(N)ncnc43)[C@@H]2O)c(=O)[nH]1. The highest BCUT2D eigenvalue weighted by Gasteiger charge is 2.54. The lowest BCUT2D eigenvalue weighted by Gasteiger charge is -2.26. The van der Waals surface area contributed by atoms with Crippen molar-refractivity contribution in [2.24, 2.45) is 0 Å². The molecule has 0 radical (unpaired) electrons. The number of alkyl halides is 1. The predicted octanol–water partition coefficient (Wildman–Crippen LogP) is -2.81. The second-order valence-electron chi connectivity index (χ2n) is 9.18. The summed E-state index contributed by atoms with van der Waals surface area (Å²) >= 11 is 5.14. The first-order valence-corrected chi connectivity index (χ1v) is 14.4. The summed E-state index contributed by atoms with van der Waals surface area (Å²) in [6.45, 7) is -5.77. The van der Waals surface area contributed by atoms with Crippen LogP contribution in [0.1, 0.15) is 12.6 Å². The van der Waals surface area contributed by atoms with Crippen molar-refractivity contribution in [1.82, 2.24) is 49.9 Å². The zero-order valence-electron chi connectivity index (χ0n) is 20.6. The van der Waals surface area contributed by atoms with Crippen LogP contribution in [-0.2, 0) is 36.1 Å². The summed E-state index contributed by atoms with van der Waals surface area (Å²) in [7, 11) is 0. The van der Waals surface area contributed by atoms with E-state index in [4.69, 9.17) is 41.8 Å². The molecule has 6 rings (SSSR count). The number of fused-ring (bicyclic) bond motifs is 2. The van der Waals surface area contributed by atoms with Gasteiger partial charge in [0.1, 0.15) is 31.2 Å². The Kier molecular flexibility index (Phi) is 6.91. The van der Waals surface area contributed by atoms with Crippen molar-refractivity contribution >= 4 is 52.6 Å². The summed E-state index contributed by atoms with van der Waals surface area (Å²) in [6, 6.07) is 0. The van der Waals surface area contributed by atoms with Gasteiger partial charge in [0.2, 0.25) is 5.95 Å². The van der Waals surface area contributed by atoms with Crippen molar-refractivity contribution in [3.8, 4) is 0 Å². The lowest BCUT2D eigenvalue weighted by Crippen LogP contribution is -2.44. The first kappa shape index (κ1) is 27.8. The molecule has 0 aliphatic carbocycles. The molecular weight excluding hydrogens is 594 g/mol. The van der Waals surface area contributed by atoms with Gasteiger partial charge in [0, 0.05) is 6.42 Å². The van der Waals surface area contributed by atoms with E-state index in [1.807, 2.05) is 0 Å². The Bertz CT molecular complexity index is 1720. The number of nitrogens with two attached hydrogens (primary N) is 2. The summed E-state index contributed by atoms with van der Waals surface area (Å²) < 4.78 is 40.0. The van der Waals surface area contributed by atoms with Gasteiger partial charge in [-0.2, -0.15) is 14.3 Å². The van der Waals surface area contributed by atoms with Gasteiger partial charge in [-0.25, -0.2) is 14.4 Å². The van der Waals surface area contributed by atoms with Crippen molar-refractivity contribution in [3.05, 3.63) is 16.7 Å². The molecule has 4 aromatic heterocycles. The molecule has 2 aliphatic heterocycles. The lowest BCUT2D eigenvalue weighted by atomic mass is 10.1. The average Bonchev–Trinajstić information content (AvgIpc) is 3.69. The fraction of sp³-hybridized carbons (Fsp3) is 0.556. The van der Waals surface area contributed by atoms with Crippen LogP contribution in [-0.4, -0.2) is 109 Å². The van der Waals surface area contributed by atoms with Gasteiger partial charge in [-0.1, -0.05) is 10.4 Å². The molecule has 2 fully saturated rings. The quantitative estimate of drug-likeness (QED) is 0.109. The third-order valence-corrected chi connectivity index (χ3v) is 8.12. The van der Waals surface area contributed by atoms with E-state index in [9.17, 15) is 19.9 Å². The maximum absolute atomic E-state index is 15.9. The van der Waals surface area contributed by atoms with Crippen LogP contribution in [0.2, 0.25) is 0 Å². The Hall–Kier alpha value is -3.34. The number of ether oxygens (including phenoxy) is 2. The predicted molar refractivity (Wildman–Crippen MR) is 136 cm³/mol. The van der Waals surface area contributed by atoms with Crippen LogP contribution in [0.5, 0.6) is 0 Å². The van der Waals surface area contributed by atoms with E-state index in [2.05, 4.69) is 40.6 Å². The van der Waals surface area contributed by atoms with E-state index in [0.717, 1.165) is 15.7 Å². The van der Waals surface area contributed by atoms with Crippen molar-refractivity contribution in [2.45, 2.75) is 42.9 Å². The molecule has 41 heavy (non-hydrogen) atoms. The molecule has 6 heterocycles. The zero-order chi connectivity index (χ0) is 29.1. The van der Waals surface area contributed by atoms with Crippen LogP contribution in [0, 0.1) is 0 Å². The van der Waals surface area contributed by atoms with Crippen LogP contribution in [0.4, 0.5) is 16.2 Å². The van der Waals surface area contributed by atoms with Gasteiger partial charge >= 0.3 is 6.72 Å². The third kappa shape index (κ3) is 4.81. The number of aromatic amines is 1. The van der Waals surface area contributed by atoms with Gasteiger partial charge in [-0.15, -0.1) is 10.2 Å². The van der Waals surface area contributed by atoms with Gasteiger partial charge in [0.15, 0.2) is 34.4 Å². The Morgan fingerprint density at radius 3 is 2.83 bits per heavy atom. The number of hydrogen-bond donors (Lipinski definition) is 6. The van der Waals surface area contributed by atoms with Crippen molar-refractivity contribution in [1.29, 1.82) is 0 Å². The number of H-pyrrole nitrogens is 1. The number of nitrogens with one attached hydrogen (secondary N) is 1. The number of nitrogen functional groups attached to an aromatic ring is 2. The molecule has 0 amide bonds. The molecule has 0 saturated carbocycles. The van der Waals surface area contributed by atoms with E-state index in [1.54, 1.807) is 0 Å². The minimum Gasteiger partial charge on any atom is -0.394 e. The van der Waals surface area contributed by atoms with Crippen LogP contribution >= 0.6 is 6.72 Å². The molecule has 0 spiro atoms. The molecule has 2 aliphatic rings. The second-order valence-corrected chi connectivity index (χ2v) is 12.0. The van der Waals surface area contributed by atoms with Crippen LogP contribution in [0.25, 0.3) is 22.3 Å². The monoisotopic (exact) mass is 616 g/mol. The van der Waals surface area contributed by atoms with E-state index in [0.29, 0.717) is 0 Å². The second kappa shape index (κ2) is 10.2. The molecule has 7 atom stereocenters. The molecule has 220 valence electrons. The maximum atomic E-state index is 15.9. The van der Waals surface area contributed by atoms with Crippen LogP contribution < -0.4 is 17.0 Å². The minimum absolute atomic E-state index is 0.0289. The highest BCUT2D eigenvalue weighted by molar-refractivity contribution is 8.07. The summed E-state index contributed by atoms with van der Waals surface area (Å²) in [4.78, 5) is 37.0. The summed E-state index contributed by atoms with van der Waals surface area (Å²) in [5.74, 6) is -2.84. The molecule has 2 saturated heterocycles. The summed E-state index contributed by atoms with van der Waals surface area (Å²) in [5, 5.41) is 35.6. The van der Waals surface area contributed by atoms with Gasteiger partial charge in [0.25, 0.3) is 11.4 Å². The van der Waals surface area contributed by atoms with Gasteiger partial charge in [-0.3, -0.25) is 9.78 Å². The third-order valence-electron chi connectivity index (χ3n) is 6.54. The first-order chi connectivity index (χ1) is 19.5. The zero-order valence-corrected chi connectivity index (χ0v) is 22.3. The van der Waals surface area contributed by atoms with Crippen molar-refractivity contribution < 1.29 is 38.0 Å². The number of aliphatic hydroxyl groups is 2. The lowest BCUT2D eigenvalue weighted by molar-refractivity contribution is -0.0595. The standard InChI is InChI=1S/C18H22FN12O8PS/c19-18(31-13-9(26-29-31)12(20)22-5-23-13)4-36-8(11(18)33)3-37-40(35,41)39-7-1-6(2-32)38-16(7)30-14-10(27-28-30)15(34)25-17(21)24-14/h5-8,11,16,32-33H,1-4H2,(H,35,41)(H2,20,22,23)(H3,21,24,25,34)/t6-,7-,8+,11+,16+,18+,40?/m0/s1. The Morgan fingerprint density at radius 2 is 2.05 bits per heavy atom. The summed E-state index contributed by atoms with van der Waals surface area (Å²) in [6.07, 6.45) is -5.01. The number of halogens is 1. The van der Waals surface area contributed by atoms with Gasteiger partial charge in [0.05, 0.1) is 19.3 Å². The van der Waals surface area contributed by atoms with Crippen LogP contribution in [0.3, 0.4) is 0 Å². The number of anilines is 2. The number of aromatic nitrogens is 10. The van der Waals surface area contributed by atoms with Crippen molar-refractivity contribution in [2.75, 3.05) is 31.3 Å². The molecule has 0 bridgehead atoms. The Balaban J connectivity index is 1.17. The highest BCUT2D eigenvalue weighted by Crippen LogP contribution is 2.50. The Labute approximate surface area is 231 Å². The van der Waals surface area contributed by atoms with Crippen LogP contribution in [0.15, 0.2) is 11.1 Å². The van der Waals surface area contributed by atoms with E-state index in [-0.39, 0.29) is 40.5 Å². The number of nitrogens with zero attached hydrogens (tertiary/aromatic N) is 9. The number of aliphatic hydroxyl groups excluding tert-OH is 2. The molecule has 0 aromatic carbocycles. The largest absolute Gasteiger partial charge is 0.394 e.